The van der Waals surface area contributed by atoms with Gasteiger partial charge >= 0.3 is 0 Å². The minimum atomic E-state index is 0. The third-order valence-electron chi connectivity index (χ3n) is 3.76. The van der Waals surface area contributed by atoms with Crippen molar-refractivity contribution in [1.29, 1.82) is 0 Å². The number of hydrogen-bond acceptors (Lipinski definition) is 0. The van der Waals surface area contributed by atoms with Crippen LogP contribution in [0.15, 0.2) is 12.7 Å². The first-order valence-corrected chi connectivity index (χ1v) is 8.52. The zero-order valence-corrected chi connectivity index (χ0v) is 15.0. The Kier molecular flexibility index (Phi) is 23.8. The van der Waals surface area contributed by atoms with Gasteiger partial charge in [0.25, 0.3) is 0 Å². The van der Waals surface area contributed by atoms with Gasteiger partial charge in [-0.15, -0.1) is 6.58 Å². The number of hydrogen-bond donors (Lipinski definition) is 0. The first-order chi connectivity index (χ1) is 8.91. The van der Waals surface area contributed by atoms with Crippen molar-refractivity contribution in [3.05, 3.63) is 12.7 Å². The predicted octanol–water partition coefficient (Wildman–Crippen LogP) is 7.04. The average molecular weight is 300 g/mol. The van der Waals surface area contributed by atoms with Gasteiger partial charge in [-0.2, -0.15) is 0 Å². The van der Waals surface area contributed by atoms with Gasteiger partial charge < -0.3 is 0 Å². The van der Waals surface area contributed by atoms with Crippen molar-refractivity contribution in [2.24, 2.45) is 0 Å². The summed E-state index contributed by atoms with van der Waals surface area (Å²) >= 11 is 0. The van der Waals surface area contributed by atoms with E-state index in [0.29, 0.717) is 0 Å². The van der Waals surface area contributed by atoms with E-state index in [0.717, 1.165) is 0 Å². The van der Waals surface area contributed by atoms with E-state index in [1.54, 1.807) is 0 Å². The van der Waals surface area contributed by atoms with E-state index in [1.165, 1.54) is 96.3 Å². The second kappa shape index (κ2) is 20.8. The van der Waals surface area contributed by atoms with Gasteiger partial charge in [0, 0.05) is 21.7 Å². The smallest absolute Gasteiger partial charge is 0 e. The molecule has 0 aromatic carbocycles. The van der Waals surface area contributed by atoms with E-state index in [1.807, 2.05) is 6.08 Å². The van der Waals surface area contributed by atoms with Gasteiger partial charge in [0.15, 0.2) is 0 Å². The molecule has 0 spiro atoms. The molecule has 0 aliphatic rings. The van der Waals surface area contributed by atoms with E-state index in [4.69, 9.17) is 0 Å². The minimum Gasteiger partial charge on any atom is -0.103 e. The van der Waals surface area contributed by atoms with Crippen molar-refractivity contribution in [1.82, 2.24) is 0 Å². The molecule has 0 saturated heterocycles. The normalized spacial score (nSPS) is 10.2. The van der Waals surface area contributed by atoms with Crippen molar-refractivity contribution < 1.29 is 21.7 Å². The molecule has 0 saturated carbocycles. The summed E-state index contributed by atoms with van der Waals surface area (Å²) in [6, 6.07) is 0. The summed E-state index contributed by atoms with van der Waals surface area (Å²) in [5.41, 5.74) is 0. The van der Waals surface area contributed by atoms with Crippen LogP contribution in [0, 0.1) is 0 Å². The van der Waals surface area contributed by atoms with Crippen LogP contribution in [0.1, 0.15) is 103 Å². The van der Waals surface area contributed by atoms with Gasteiger partial charge in [-0.1, -0.05) is 96.5 Å². The topological polar surface area (TPSA) is 0 Å². The van der Waals surface area contributed by atoms with E-state index in [9.17, 15) is 0 Å². The van der Waals surface area contributed by atoms with Crippen molar-refractivity contribution >= 4 is 0 Å². The summed E-state index contributed by atoms with van der Waals surface area (Å²) in [5.74, 6) is 0. The van der Waals surface area contributed by atoms with Crippen molar-refractivity contribution in [2.45, 2.75) is 103 Å². The Bertz CT molecular complexity index is 154. The number of rotatable bonds is 15. The largest absolute Gasteiger partial charge is 0.103 e. The Morgan fingerprint density at radius 2 is 0.895 bits per heavy atom. The first kappa shape index (κ1) is 21.7. The molecular formula is C18H36Ti. The molecule has 0 atom stereocenters. The molecule has 0 aliphatic heterocycles. The summed E-state index contributed by atoms with van der Waals surface area (Å²) in [4.78, 5) is 0. The van der Waals surface area contributed by atoms with Crippen molar-refractivity contribution in [2.75, 3.05) is 0 Å². The molecule has 0 aromatic rings. The minimum absolute atomic E-state index is 0. The van der Waals surface area contributed by atoms with Crippen LogP contribution in [0.5, 0.6) is 0 Å². The number of unbranched alkanes of at least 4 members (excludes halogenated alkanes) is 14. The Morgan fingerprint density at radius 1 is 0.579 bits per heavy atom. The van der Waals surface area contributed by atoms with Gasteiger partial charge in [-0.25, -0.2) is 0 Å². The zero-order chi connectivity index (χ0) is 13.3. The maximum atomic E-state index is 3.76. The molecule has 0 unspecified atom stereocenters. The molecule has 0 N–H and O–H groups in total. The second-order valence-corrected chi connectivity index (χ2v) is 5.67. The van der Waals surface area contributed by atoms with Crippen LogP contribution >= 0.6 is 0 Å². The van der Waals surface area contributed by atoms with Crippen molar-refractivity contribution in [3.8, 4) is 0 Å². The molecule has 0 radical (unpaired) electrons. The van der Waals surface area contributed by atoms with E-state index >= 15 is 0 Å². The Labute approximate surface area is 137 Å². The summed E-state index contributed by atoms with van der Waals surface area (Å²) in [6.45, 7) is 6.05. The second-order valence-electron chi connectivity index (χ2n) is 5.67. The van der Waals surface area contributed by atoms with Crippen LogP contribution in [0.25, 0.3) is 0 Å². The van der Waals surface area contributed by atoms with E-state index in [2.05, 4.69) is 13.5 Å². The first-order valence-electron chi connectivity index (χ1n) is 8.52. The average Bonchev–Trinajstić information content (AvgIpc) is 2.39. The third-order valence-corrected chi connectivity index (χ3v) is 3.76. The van der Waals surface area contributed by atoms with Gasteiger partial charge in [0.2, 0.25) is 0 Å². The van der Waals surface area contributed by atoms with Crippen LogP contribution in [0.4, 0.5) is 0 Å². The van der Waals surface area contributed by atoms with Gasteiger partial charge in [-0.3, -0.25) is 0 Å². The maximum absolute atomic E-state index is 3.76. The van der Waals surface area contributed by atoms with Gasteiger partial charge in [-0.05, 0) is 12.8 Å². The fourth-order valence-electron chi connectivity index (χ4n) is 2.48. The van der Waals surface area contributed by atoms with Crippen molar-refractivity contribution in [3.63, 3.8) is 0 Å². The van der Waals surface area contributed by atoms with E-state index in [-0.39, 0.29) is 21.7 Å². The predicted molar refractivity (Wildman–Crippen MR) is 85.1 cm³/mol. The fraction of sp³-hybridized carbons (Fsp3) is 0.889. The number of allylic oxidation sites excluding steroid dienone is 1. The summed E-state index contributed by atoms with van der Waals surface area (Å²) in [5, 5.41) is 0. The maximum Gasteiger partial charge on any atom is 0 e. The molecule has 0 fully saturated rings. The zero-order valence-electron chi connectivity index (χ0n) is 13.4. The molecule has 0 nitrogen and oxygen atoms in total. The standard InChI is InChI=1S/C18H36.Ti/c1-3-5-7-9-11-13-15-17-18-16-14-12-10-8-6-4-2;/h3H,1,4-18H2,2H3;. The van der Waals surface area contributed by atoms with Gasteiger partial charge in [0.1, 0.15) is 0 Å². The molecule has 0 aliphatic carbocycles. The molecule has 0 bridgehead atoms. The molecule has 0 amide bonds. The fourth-order valence-corrected chi connectivity index (χ4v) is 2.48. The molecule has 19 heavy (non-hydrogen) atoms. The third kappa shape index (κ3) is 20.9. The van der Waals surface area contributed by atoms with Crippen LogP contribution < -0.4 is 0 Å². The Hall–Kier alpha value is 0.454. The summed E-state index contributed by atoms with van der Waals surface area (Å²) in [6.07, 6.45) is 23.5. The molecule has 0 heterocycles. The Morgan fingerprint density at radius 3 is 1.21 bits per heavy atom. The molecular weight excluding hydrogens is 264 g/mol. The van der Waals surface area contributed by atoms with Crippen LogP contribution in [-0.4, -0.2) is 0 Å². The summed E-state index contributed by atoms with van der Waals surface area (Å²) < 4.78 is 0. The van der Waals surface area contributed by atoms with Crippen LogP contribution in [0.2, 0.25) is 0 Å². The monoisotopic (exact) mass is 300 g/mol. The summed E-state index contributed by atoms with van der Waals surface area (Å²) in [7, 11) is 0. The SMILES string of the molecule is C=CCCCCCCCCCCCCCCCC.[Ti]. The molecule has 0 aromatic heterocycles. The van der Waals surface area contributed by atoms with Crippen LogP contribution in [0.3, 0.4) is 0 Å². The molecule has 1 heteroatoms. The molecule has 112 valence electrons. The Balaban J connectivity index is 0. The van der Waals surface area contributed by atoms with E-state index < -0.39 is 0 Å². The molecule has 0 rings (SSSR count). The van der Waals surface area contributed by atoms with Gasteiger partial charge in [0.05, 0.1) is 0 Å². The quantitative estimate of drug-likeness (QED) is 0.173. The van der Waals surface area contributed by atoms with Crippen LogP contribution in [-0.2, 0) is 21.7 Å².